The molecule has 6 aromatic rings. The molecular formula is C41H39ClP3Rh-. The minimum atomic E-state index is -0.555. The van der Waals surface area contributed by atoms with Crippen molar-refractivity contribution in [1.29, 1.82) is 0 Å². The molecule has 0 fully saturated rings. The Morgan fingerprint density at radius 2 is 0.478 bits per heavy atom. The van der Waals surface area contributed by atoms with Crippen LogP contribution in [0.1, 0.15) is 6.92 Å². The van der Waals surface area contributed by atoms with Crippen LogP contribution in [0.25, 0.3) is 0 Å². The van der Waals surface area contributed by atoms with Crippen molar-refractivity contribution in [3.8, 4) is 0 Å². The number of benzene rings is 6. The SMILES string of the molecule is CC(CP(c1ccccc1)c1ccccc1)(CP(c1ccccc1)c1ccccc1)CP(c1ccccc1)c1ccccc1.[Cl-].[Rh]. The molecule has 1 radical (unpaired) electrons. The van der Waals surface area contributed by atoms with E-state index in [9.17, 15) is 0 Å². The van der Waals surface area contributed by atoms with Crippen LogP contribution in [0.2, 0.25) is 0 Å². The van der Waals surface area contributed by atoms with E-state index in [4.69, 9.17) is 0 Å². The second-order valence-corrected chi connectivity index (χ2v) is 18.2. The molecule has 6 rings (SSSR count). The third-order valence-corrected chi connectivity index (χ3v) is 16.8. The van der Waals surface area contributed by atoms with Crippen molar-refractivity contribution >= 4 is 55.6 Å². The van der Waals surface area contributed by atoms with Gasteiger partial charge in [0.2, 0.25) is 0 Å². The van der Waals surface area contributed by atoms with Gasteiger partial charge in [0, 0.05) is 19.5 Å². The number of hydrogen-bond acceptors (Lipinski definition) is 0. The van der Waals surface area contributed by atoms with Crippen molar-refractivity contribution < 1.29 is 31.9 Å². The van der Waals surface area contributed by atoms with Gasteiger partial charge in [0.05, 0.1) is 0 Å². The maximum atomic E-state index is 2.61. The van der Waals surface area contributed by atoms with Crippen molar-refractivity contribution in [3.05, 3.63) is 182 Å². The predicted molar refractivity (Wildman–Crippen MR) is 200 cm³/mol. The maximum Gasteiger partial charge on any atom is 0 e. The van der Waals surface area contributed by atoms with Gasteiger partial charge in [-0.05, 0) is 79.5 Å². The largest absolute Gasteiger partial charge is 1.00 e. The standard InChI is InChI=1S/C41H39P3.ClH.Rh/c1-41(32-42(35-20-8-2-9-21-35)36-22-10-3-11-23-36,33-43(37-24-12-4-13-25-37)38-26-14-5-15-27-38)34-44(39-28-16-6-17-29-39)40-30-18-7-19-31-40;;/h2-31H,32-34H2,1H3;1H;/p-1. The van der Waals surface area contributed by atoms with Crippen LogP contribution in [0.4, 0.5) is 0 Å². The molecule has 0 amide bonds. The summed E-state index contributed by atoms with van der Waals surface area (Å²) in [6, 6.07) is 67.7. The minimum absolute atomic E-state index is 0. The molecular weight excluding hydrogens is 724 g/mol. The molecule has 0 unspecified atom stereocenters. The van der Waals surface area contributed by atoms with Gasteiger partial charge in [-0.1, -0.05) is 189 Å². The summed E-state index contributed by atoms with van der Waals surface area (Å²) in [5.41, 5.74) is 0.0756. The summed E-state index contributed by atoms with van der Waals surface area (Å²) in [5, 5.41) is 8.79. The van der Waals surface area contributed by atoms with E-state index in [1.165, 1.54) is 31.8 Å². The molecule has 0 aromatic heterocycles. The fourth-order valence-corrected chi connectivity index (χ4v) is 14.6. The van der Waals surface area contributed by atoms with Crippen LogP contribution in [0.5, 0.6) is 0 Å². The van der Waals surface area contributed by atoms with Crippen LogP contribution in [0.3, 0.4) is 0 Å². The first-order chi connectivity index (χ1) is 21.7. The molecule has 0 aliphatic rings. The zero-order valence-corrected chi connectivity index (χ0v) is 31.1. The van der Waals surface area contributed by atoms with Crippen LogP contribution in [0.15, 0.2) is 182 Å². The Hall–Kier alpha value is -2.48. The van der Waals surface area contributed by atoms with Gasteiger partial charge in [-0.15, -0.1) is 0 Å². The van der Waals surface area contributed by atoms with Crippen molar-refractivity contribution in [2.75, 3.05) is 18.5 Å². The molecule has 0 heterocycles. The first-order valence-electron chi connectivity index (χ1n) is 15.3. The Bertz CT molecular complexity index is 1370. The smallest absolute Gasteiger partial charge is 0 e. The van der Waals surface area contributed by atoms with Crippen molar-refractivity contribution in [2.45, 2.75) is 6.92 Å². The summed E-state index contributed by atoms with van der Waals surface area (Å²) >= 11 is 0. The van der Waals surface area contributed by atoms with Crippen LogP contribution >= 0.6 is 23.8 Å². The van der Waals surface area contributed by atoms with E-state index in [0.717, 1.165) is 18.5 Å². The minimum Gasteiger partial charge on any atom is -1.00 e. The summed E-state index contributed by atoms with van der Waals surface area (Å²) in [6.07, 6.45) is 3.44. The molecule has 0 atom stereocenters. The normalized spacial score (nSPS) is 11.2. The molecule has 0 N–H and O–H groups in total. The van der Waals surface area contributed by atoms with E-state index in [0.29, 0.717) is 0 Å². The third-order valence-electron chi connectivity index (χ3n) is 8.03. The van der Waals surface area contributed by atoms with Gasteiger partial charge in [0.25, 0.3) is 0 Å². The van der Waals surface area contributed by atoms with Crippen LogP contribution in [-0.4, -0.2) is 18.5 Å². The van der Waals surface area contributed by atoms with E-state index in [1.807, 2.05) is 0 Å². The Morgan fingerprint density at radius 1 is 0.326 bits per heavy atom. The molecule has 46 heavy (non-hydrogen) atoms. The van der Waals surface area contributed by atoms with Crippen molar-refractivity contribution in [2.24, 2.45) is 5.41 Å². The van der Waals surface area contributed by atoms with Crippen molar-refractivity contribution in [1.82, 2.24) is 0 Å². The van der Waals surface area contributed by atoms with Gasteiger partial charge in [0.1, 0.15) is 0 Å². The summed E-state index contributed by atoms with van der Waals surface area (Å²) < 4.78 is 0. The molecule has 0 saturated carbocycles. The number of rotatable bonds is 12. The van der Waals surface area contributed by atoms with E-state index in [1.54, 1.807) is 0 Å². The second kappa shape index (κ2) is 18.2. The van der Waals surface area contributed by atoms with Crippen LogP contribution in [0, 0.1) is 5.41 Å². The Morgan fingerprint density at radius 3 is 0.630 bits per heavy atom. The Labute approximate surface area is 298 Å². The first kappa shape index (κ1) is 36.4. The summed E-state index contributed by atoms with van der Waals surface area (Å²) in [5.74, 6) is 0. The van der Waals surface area contributed by atoms with Gasteiger partial charge in [-0.3, -0.25) is 0 Å². The Balaban J connectivity index is 0.00000240. The van der Waals surface area contributed by atoms with Crippen LogP contribution < -0.4 is 44.2 Å². The molecule has 0 aliphatic heterocycles. The van der Waals surface area contributed by atoms with Gasteiger partial charge >= 0.3 is 0 Å². The maximum absolute atomic E-state index is 2.61. The molecule has 0 nitrogen and oxygen atoms in total. The first-order valence-corrected chi connectivity index (χ1v) is 19.9. The van der Waals surface area contributed by atoms with Crippen LogP contribution in [-0.2, 0) is 19.5 Å². The molecule has 0 spiro atoms. The number of halogens is 1. The van der Waals surface area contributed by atoms with E-state index >= 15 is 0 Å². The van der Waals surface area contributed by atoms with Gasteiger partial charge in [-0.25, -0.2) is 0 Å². The topological polar surface area (TPSA) is 0 Å². The predicted octanol–water partition coefficient (Wildman–Crippen LogP) is 5.39. The molecule has 0 saturated heterocycles. The van der Waals surface area contributed by atoms with Gasteiger partial charge in [-0.2, -0.15) is 0 Å². The third kappa shape index (κ3) is 9.54. The average Bonchev–Trinajstić information content (AvgIpc) is 3.11. The second-order valence-electron chi connectivity index (χ2n) is 11.6. The summed E-state index contributed by atoms with van der Waals surface area (Å²) in [4.78, 5) is 0. The zero-order valence-electron chi connectivity index (χ0n) is 26.0. The molecule has 235 valence electrons. The number of hydrogen-bond donors (Lipinski definition) is 0. The van der Waals surface area contributed by atoms with Gasteiger partial charge < -0.3 is 12.4 Å². The molecule has 5 heteroatoms. The van der Waals surface area contributed by atoms with E-state index in [2.05, 4.69) is 189 Å². The monoisotopic (exact) mass is 762 g/mol. The van der Waals surface area contributed by atoms with Crippen molar-refractivity contribution in [3.63, 3.8) is 0 Å². The fourth-order valence-electron chi connectivity index (χ4n) is 5.94. The van der Waals surface area contributed by atoms with Gasteiger partial charge in [0.15, 0.2) is 0 Å². The summed E-state index contributed by atoms with van der Waals surface area (Å²) in [6.45, 7) is 2.61. The zero-order chi connectivity index (χ0) is 30.0. The molecule has 0 bridgehead atoms. The fraction of sp³-hybridized carbons (Fsp3) is 0.122. The average molecular weight is 763 g/mol. The quantitative estimate of drug-likeness (QED) is 0.116. The van der Waals surface area contributed by atoms with E-state index in [-0.39, 0.29) is 37.3 Å². The molecule has 0 aliphatic carbocycles. The summed E-state index contributed by atoms with van der Waals surface area (Å²) in [7, 11) is -1.66. The van der Waals surface area contributed by atoms with E-state index < -0.39 is 23.8 Å². The molecule has 6 aromatic carbocycles. The Kier molecular flexibility index (Phi) is 14.4.